The lowest BCUT2D eigenvalue weighted by Crippen LogP contribution is -2.14. The minimum Gasteiger partial charge on any atom is -0.485 e. The first-order valence-corrected chi connectivity index (χ1v) is 10.7. The molecule has 0 saturated carbocycles. The van der Waals surface area contributed by atoms with Gasteiger partial charge in [-0.2, -0.15) is 5.10 Å². The summed E-state index contributed by atoms with van der Waals surface area (Å²) in [6.07, 6.45) is 6.44. The number of benzene rings is 1. The summed E-state index contributed by atoms with van der Waals surface area (Å²) in [5, 5.41) is 7.07. The standard InChI is InChI=1S/C25H23N5O4/c1-3-33-25(32)21-15-28-30(17(21)2)20-8-6-19(7-9-20)24(31)29-23-22(5-4-12-27-23)34-16-18-10-13-26-14-11-18/h4-15H,3,16H2,1-2H3,(H,27,29,31). The third kappa shape index (κ3) is 5.09. The van der Waals surface area contributed by atoms with Crippen LogP contribution in [0.5, 0.6) is 5.75 Å². The van der Waals surface area contributed by atoms with Crippen molar-refractivity contribution in [2.24, 2.45) is 0 Å². The zero-order chi connectivity index (χ0) is 23.9. The molecule has 0 aliphatic rings. The van der Waals surface area contributed by atoms with Crippen LogP contribution in [0.15, 0.2) is 73.3 Å². The van der Waals surface area contributed by atoms with Gasteiger partial charge in [-0.1, -0.05) is 0 Å². The zero-order valence-corrected chi connectivity index (χ0v) is 18.8. The van der Waals surface area contributed by atoms with Crippen LogP contribution in [-0.4, -0.2) is 38.2 Å². The number of rotatable bonds is 8. The zero-order valence-electron chi connectivity index (χ0n) is 18.8. The van der Waals surface area contributed by atoms with Gasteiger partial charge in [-0.05, 0) is 67.9 Å². The Labute approximate surface area is 196 Å². The molecule has 9 nitrogen and oxygen atoms in total. The lowest BCUT2D eigenvalue weighted by molar-refractivity contribution is 0.0525. The molecule has 1 aromatic carbocycles. The molecule has 0 radical (unpaired) electrons. The quantitative estimate of drug-likeness (QED) is 0.399. The Morgan fingerprint density at radius 3 is 2.53 bits per heavy atom. The molecule has 34 heavy (non-hydrogen) atoms. The number of carbonyl (C=O) groups excluding carboxylic acids is 2. The van der Waals surface area contributed by atoms with Crippen molar-refractivity contribution in [2.75, 3.05) is 11.9 Å². The van der Waals surface area contributed by atoms with E-state index in [2.05, 4.69) is 20.4 Å². The minimum absolute atomic E-state index is 0.292. The number of nitrogens with one attached hydrogen (secondary N) is 1. The van der Waals surface area contributed by atoms with Crippen molar-refractivity contribution in [1.29, 1.82) is 0 Å². The number of nitrogens with zero attached hydrogens (tertiary/aromatic N) is 4. The molecule has 3 aromatic heterocycles. The minimum atomic E-state index is -0.417. The van der Waals surface area contributed by atoms with E-state index in [0.29, 0.717) is 47.3 Å². The van der Waals surface area contributed by atoms with E-state index in [0.717, 1.165) is 5.56 Å². The maximum absolute atomic E-state index is 12.8. The number of esters is 1. The largest absolute Gasteiger partial charge is 0.485 e. The summed E-state index contributed by atoms with van der Waals surface area (Å²) in [4.78, 5) is 33.1. The van der Waals surface area contributed by atoms with E-state index in [1.54, 1.807) is 73.5 Å². The summed E-state index contributed by atoms with van der Waals surface area (Å²) < 4.78 is 12.5. The van der Waals surface area contributed by atoms with Gasteiger partial charge >= 0.3 is 5.97 Å². The van der Waals surface area contributed by atoms with Crippen molar-refractivity contribution >= 4 is 17.7 Å². The van der Waals surface area contributed by atoms with Crippen LogP contribution >= 0.6 is 0 Å². The van der Waals surface area contributed by atoms with Crippen LogP contribution in [0.4, 0.5) is 5.82 Å². The molecule has 4 aromatic rings. The highest BCUT2D eigenvalue weighted by Crippen LogP contribution is 2.23. The number of amides is 1. The van der Waals surface area contributed by atoms with Crippen LogP contribution in [0, 0.1) is 6.92 Å². The lowest BCUT2D eigenvalue weighted by atomic mass is 10.2. The van der Waals surface area contributed by atoms with Gasteiger partial charge in [-0.15, -0.1) is 0 Å². The predicted molar refractivity (Wildman–Crippen MR) is 125 cm³/mol. The third-order valence-corrected chi connectivity index (χ3v) is 5.03. The van der Waals surface area contributed by atoms with Gasteiger partial charge in [0.15, 0.2) is 11.6 Å². The molecule has 1 amide bonds. The normalized spacial score (nSPS) is 10.5. The fraction of sp³-hybridized carbons (Fsp3) is 0.160. The van der Waals surface area contributed by atoms with E-state index in [1.165, 1.54) is 6.20 Å². The molecule has 0 unspecified atom stereocenters. The molecular formula is C25H23N5O4. The number of anilines is 1. The Bertz CT molecular complexity index is 1290. The van der Waals surface area contributed by atoms with E-state index >= 15 is 0 Å². The van der Waals surface area contributed by atoms with Crippen molar-refractivity contribution in [3.63, 3.8) is 0 Å². The maximum Gasteiger partial charge on any atom is 0.341 e. The van der Waals surface area contributed by atoms with Crippen molar-refractivity contribution in [3.05, 3.63) is 95.7 Å². The monoisotopic (exact) mass is 457 g/mol. The fourth-order valence-electron chi connectivity index (χ4n) is 3.25. The van der Waals surface area contributed by atoms with Crippen molar-refractivity contribution in [2.45, 2.75) is 20.5 Å². The molecule has 3 heterocycles. The molecule has 0 aliphatic heterocycles. The molecule has 1 N–H and O–H groups in total. The van der Waals surface area contributed by atoms with E-state index in [1.807, 2.05) is 12.1 Å². The van der Waals surface area contributed by atoms with Crippen LogP contribution in [0.2, 0.25) is 0 Å². The highest BCUT2D eigenvalue weighted by molar-refractivity contribution is 6.04. The van der Waals surface area contributed by atoms with Crippen LogP contribution < -0.4 is 10.1 Å². The summed E-state index contributed by atoms with van der Waals surface area (Å²) in [6.45, 7) is 4.15. The Balaban J connectivity index is 1.46. The van der Waals surface area contributed by atoms with Crippen LogP contribution in [-0.2, 0) is 11.3 Å². The van der Waals surface area contributed by atoms with Gasteiger partial charge in [0.2, 0.25) is 0 Å². The van der Waals surface area contributed by atoms with Gasteiger partial charge in [0.25, 0.3) is 5.91 Å². The van der Waals surface area contributed by atoms with Crippen LogP contribution in [0.25, 0.3) is 5.69 Å². The number of hydrogen-bond donors (Lipinski definition) is 1. The Morgan fingerprint density at radius 2 is 1.79 bits per heavy atom. The van der Waals surface area contributed by atoms with Crippen molar-refractivity contribution in [3.8, 4) is 11.4 Å². The van der Waals surface area contributed by atoms with Crippen LogP contribution in [0.1, 0.15) is 38.9 Å². The smallest absolute Gasteiger partial charge is 0.341 e. The lowest BCUT2D eigenvalue weighted by Gasteiger charge is -2.12. The Kier molecular flexibility index (Phi) is 6.92. The van der Waals surface area contributed by atoms with Gasteiger partial charge in [0.1, 0.15) is 12.2 Å². The van der Waals surface area contributed by atoms with E-state index < -0.39 is 5.97 Å². The van der Waals surface area contributed by atoms with Crippen molar-refractivity contribution in [1.82, 2.24) is 19.7 Å². The molecule has 0 fully saturated rings. The fourth-order valence-corrected chi connectivity index (χ4v) is 3.25. The van der Waals surface area contributed by atoms with Crippen molar-refractivity contribution < 1.29 is 19.1 Å². The molecular weight excluding hydrogens is 434 g/mol. The Hall–Kier alpha value is -4.53. The highest BCUT2D eigenvalue weighted by atomic mass is 16.5. The second-order valence-corrected chi connectivity index (χ2v) is 7.27. The molecule has 4 rings (SSSR count). The second kappa shape index (κ2) is 10.4. The molecule has 0 bridgehead atoms. The highest BCUT2D eigenvalue weighted by Gasteiger charge is 2.17. The number of pyridine rings is 2. The number of ether oxygens (including phenoxy) is 2. The molecule has 0 spiro atoms. The SMILES string of the molecule is CCOC(=O)c1cnn(-c2ccc(C(=O)Nc3ncccc3OCc3ccncc3)cc2)c1C. The summed E-state index contributed by atoms with van der Waals surface area (Å²) in [7, 11) is 0. The number of hydrogen-bond acceptors (Lipinski definition) is 7. The summed E-state index contributed by atoms with van der Waals surface area (Å²) >= 11 is 0. The summed E-state index contributed by atoms with van der Waals surface area (Å²) in [6, 6.07) is 14.1. The first-order chi connectivity index (χ1) is 16.6. The molecule has 0 aliphatic carbocycles. The number of carbonyl (C=O) groups is 2. The van der Waals surface area contributed by atoms with E-state index in [4.69, 9.17) is 9.47 Å². The predicted octanol–water partition coefficient (Wildman–Crippen LogP) is 3.98. The van der Waals surface area contributed by atoms with E-state index in [-0.39, 0.29) is 5.91 Å². The topological polar surface area (TPSA) is 108 Å². The first-order valence-electron chi connectivity index (χ1n) is 10.7. The van der Waals surface area contributed by atoms with E-state index in [9.17, 15) is 9.59 Å². The second-order valence-electron chi connectivity index (χ2n) is 7.27. The maximum atomic E-state index is 12.8. The van der Waals surface area contributed by atoms with Crippen LogP contribution in [0.3, 0.4) is 0 Å². The van der Waals surface area contributed by atoms with Gasteiger partial charge in [0, 0.05) is 24.2 Å². The summed E-state index contributed by atoms with van der Waals surface area (Å²) in [5.74, 6) is 0.0403. The summed E-state index contributed by atoms with van der Waals surface area (Å²) in [5.41, 5.74) is 3.15. The van der Waals surface area contributed by atoms with Gasteiger partial charge in [0.05, 0.1) is 24.2 Å². The average molecular weight is 457 g/mol. The van der Waals surface area contributed by atoms with Gasteiger partial charge < -0.3 is 14.8 Å². The molecule has 9 heteroatoms. The Morgan fingerprint density at radius 1 is 1.03 bits per heavy atom. The average Bonchev–Trinajstić information content (AvgIpc) is 3.25. The van der Waals surface area contributed by atoms with Gasteiger partial charge in [-0.25, -0.2) is 14.5 Å². The molecule has 0 atom stereocenters. The number of aromatic nitrogens is 4. The first kappa shape index (κ1) is 22.7. The third-order valence-electron chi connectivity index (χ3n) is 5.03. The molecule has 172 valence electrons. The van der Waals surface area contributed by atoms with Gasteiger partial charge in [-0.3, -0.25) is 9.78 Å². The molecule has 0 saturated heterocycles.